The van der Waals surface area contributed by atoms with Gasteiger partial charge in [0.1, 0.15) is 10.7 Å². The van der Waals surface area contributed by atoms with Crippen molar-refractivity contribution in [2.45, 2.75) is 0 Å². The fourth-order valence-electron chi connectivity index (χ4n) is 0.984. The molecule has 0 spiro atoms. The van der Waals surface area contributed by atoms with Crippen LogP contribution in [0.1, 0.15) is 10.4 Å². The lowest BCUT2D eigenvalue weighted by atomic mass is 10.2. The summed E-state index contributed by atoms with van der Waals surface area (Å²) in [7, 11) is 1.22. The average Bonchev–Trinajstić information content (AvgIpc) is 2.24. The Labute approximate surface area is 102 Å². The molecule has 0 saturated heterocycles. The van der Waals surface area contributed by atoms with E-state index in [2.05, 4.69) is 14.7 Å². The van der Waals surface area contributed by atoms with Crippen LogP contribution in [0.4, 0.5) is 5.82 Å². The minimum atomic E-state index is -0.667. The van der Waals surface area contributed by atoms with Crippen molar-refractivity contribution in [3.63, 3.8) is 0 Å². The molecule has 86 valence electrons. The van der Waals surface area contributed by atoms with Crippen LogP contribution in [-0.4, -0.2) is 36.0 Å². The van der Waals surface area contributed by atoms with Gasteiger partial charge in [-0.25, -0.2) is 14.8 Å². The summed E-state index contributed by atoms with van der Waals surface area (Å²) in [6, 6.07) is 1.31. The monoisotopic (exact) mass is 262 g/mol. The SMILES string of the molecule is COC(=O)c1c(Cl)cc(Cl)nc1/N=C\CO. The first-order valence-electron chi connectivity index (χ1n) is 4.18. The Morgan fingerprint density at radius 3 is 2.94 bits per heavy atom. The molecule has 0 atom stereocenters. The molecule has 0 fully saturated rings. The van der Waals surface area contributed by atoms with Crippen molar-refractivity contribution >= 4 is 41.2 Å². The number of halogens is 2. The Hall–Kier alpha value is -1.17. The van der Waals surface area contributed by atoms with Gasteiger partial charge in [-0.15, -0.1) is 0 Å². The smallest absolute Gasteiger partial charge is 0.343 e. The van der Waals surface area contributed by atoms with Crippen LogP contribution in [0, 0.1) is 0 Å². The fourth-order valence-corrected chi connectivity index (χ4v) is 1.49. The van der Waals surface area contributed by atoms with Crippen LogP contribution in [0.25, 0.3) is 0 Å². The Balaban J connectivity index is 3.32. The summed E-state index contributed by atoms with van der Waals surface area (Å²) < 4.78 is 4.53. The molecular formula is C9H8Cl2N2O3. The number of pyridine rings is 1. The highest BCUT2D eigenvalue weighted by Gasteiger charge is 2.18. The third-order valence-electron chi connectivity index (χ3n) is 1.61. The largest absolute Gasteiger partial charge is 0.465 e. The van der Waals surface area contributed by atoms with Crippen molar-refractivity contribution in [3.8, 4) is 0 Å². The first-order chi connectivity index (χ1) is 7.60. The van der Waals surface area contributed by atoms with E-state index in [9.17, 15) is 4.79 Å². The first kappa shape index (κ1) is 12.9. The molecule has 0 unspecified atom stereocenters. The second kappa shape index (κ2) is 5.79. The maximum atomic E-state index is 11.4. The number of hydrogen-bond acceptors (Lipinski definition) is 5. The van der Waals surface area contributed by atoms with Gasteiger partial charge in [0.05, 0.1) is 18.7 Å². The number of aliphatic hydroxyl groups is 1. The van der Waals surface area contributed by atoms with E-state index >= 15 is 0 Å². The van der Waals surface area contributed by atoms with E-state index in [4.69, 9.17) is 28.3 Å². The first-order valence-corrected chi connectivity index (χ1v) is 4.93. The normalized spacial score (nSPS) is 10.8. The maximum Gasteiger partial charge on any atom is 0.343 e. The Bertz CT molecular complexity index is 435. The highest BCUT2D eigenvalue weighted by atomic mass is 35.5. The van der Waals surface area contributed by atoms with Crippen molar-refractivity contribution in [3.05, 3.63) is 21.8 Å². The number of esters is 1. The van der Waals surface area contributed by atoms with Gasteiger partial charge in [-0.05, 0) is 6.07 Å². The van der Waals surface area contributed by atoms with Crippen molar-refractivity contribution in [1.82, 2.24) is 4.98 Å². The highest BCUT2D eigenvalue weighted by Crippen LogP contribution is 2.28. The van der Waals surface area contributed by atoms with Crippen molar-refractivity contribution in [2.24, 2.45) is 4.99 Å². The molecule has 0 radical (unpaired) electrons. The van der Waals surface area contributed by atoms with Crippen LogP contribution in [0.3, 0.4) is 0 Å². The van der Waals surface area contributed by atoms with Crippen LogP contribution in [0.5, 0.6) is 0 Å². The van der Waals surface area contributed by atoms with Gasteiger partial charge < -0.3 is 9.84 Å². The molecule has 1 rings (SSSR count). The Kier molecular flexibility index (Phi) is 4.67. The lowest BCUT2D eigenvalue weighted by Crippen LogP contribution is -2.04. The minimum absolute atomic E-state index is 0.0123. The van der Waals surface area contributed by atoms with Crippen LogP contribution in [0.15, 0.2) is 11.1 Å². The number of hydrogen-bond donors (Lipinski definition) is 1. The van der Waals surface area contributed by atoms with Crippen molar-refractivity contribution in [1.29, 1.82) is 0 Å². The van der Waals surface area contributed by atoms with E-state index in [0.29, 0.717) is 0 Å². The van der Waals surface area contributed by atoms with Crippen LogP contribution in [0.2, 0.25) is 10.2 Å². The fraction of sp³-hybridized carbons (Fsp3) is 0.222. The number of aliphatic hydroxyl groups excluding tert-OH is 1. The van der Waals surface area contributed by atoms with Gasteiger partial charge in [-0.3, -0.25) is 0 Å². The van der Waals surface area contributed by atoms with Gasteiger partial charge in [0.25, 0.3) is 0 Å². The molecule has 1 aromatic heterocycles. The molecule has 0 aromatic carbocycles. The molecule has 0 aliphatic rings. The Morgan fingerprint density at radius 1 is 1.69 bits per heavy atom. The Morgan fingerprint density at radius 2 is 2.38 bits per heavy atom. The lowest BCUT2D eigenvalue weighted by Gasteiger charge is -2.05. The molecular weight excluding hydrogens is 255 g/mol. The molecule has 1 heterocycles. The second-order valence-electron chi connectivity index (χ2n) is 2.61. The third kappa shape index (κ3) is 2.91. The molecule has 0 aliphatic heterocycles. The molecule has 1 N–H and O–H groups in total. The molecule has 16 heavy (non-hydrogen) atoms. The summed E-state index contributed by atoms with van der Waals surface area (Å²) in [5, 5.41) is 8.79. The number of carbonyl (C=O) groups excluding carboxylic acids is 1. The van der Waals surface area contributed by atoms with E-state index in [-0.39, 0.29) is 28.2 Å². The summed E-state index contributed by atoms with van der Waals surface area (Å²) >= 11 is 11.5. The number of methoxy groups -OCH3 is 1. The number of rotatable bonds is 3. The molecule has 0 bridgehead atoms. The lowest BCUT2D eigenvalue weighted by molar-refractivity contribution is 0.0601. The average molecular weight is 263 g/mol. The maximum absolute atomic E-state index is 11.4. The molecule has 5 nitrogen and oxygen atoms in total. The molecule has 7 heteroatoms. The van der Waals surface area contributed by atoms with Gasteiger partial charge in [0.15, 0.2) is 5.82 Å². The molecule has 0 aliphatic carbocycles. The summed E-state index contributed by atoms with van der Waals surface area (Å²) in [4.78, 5) is 19.0. The number of aromatic nitrogens is 1. The standard InChI is InChI=1S/C9H8Cl2N2O3/c1-16-9(15)7-5(10)4-6(11)13-8(7)12-2-3-14/h2,4,14H,3H2,1H3/b12-2-. The van der Waals surface area contributed by atoms with E-state index in [0.717, 1.165) is 0 Å². The van der Waals surface area contributed by atoms with E-state index in [1.54, 1.807) is 0 Å². The predicted molar refractivity (Wildman–Crippen MR) is 60.8 cm³/mol. The summed E-state index contributed by atoms with van der Waals surface area (Å²) in [5.41, 5.74) is 0.0123. The van der Waals surface area contributed by atoms with Crippen molar-refractivity contribution in [2.75, 3.05) is 13.7 Å². The number of aliphatic imine (C=N–C) groups is 1. The van der Waals surface area contributed by atoms with Crippen LogP contribution >= 0.6 is 23.2 Å². The van der Waals surface area contributed by atoms with Gasteiger partial charge in [-0.2, -0.15) is 0 Å². The molecule has 0 saturated carbocycles. The van der Waals surface area contributed by atoms with E-state index in [1.807, 2.05) is 0 Å². The minimum Gasteiger partial charge on any atom is -0.465 e. The zero-order valence-corrected chi connectivity index (χ0v) is 9.79. The topological polar surface area (TPSA) is 71.8 Å². The summed E-state index contributed by atoms with van der Waals surface area (Å²) in [6.07, 6.45) is 1.17. The molecule has 0 amide bonds. The zero-order chi connectivity index (χ0) is 12.1. The quantitative estimate of drug-likeness (QED) is 0.513. The number of nitrogens with zero attached hydrogens (tertiary/aromatic N) is 2. The number of ether oxygens (including phenoxy) is 1. The van der Waals surface area contributed by atoms with Gasteiger partial charge >= 0.3 is 5.97 Å². The number of carbonyl (C=O) groups is 1. The third-order valence-corrected chi connectivity index (χ3v) is 2.10. The second-order valence-corrected chi connectivity index (χ2v) is 3.41. The van der Waals surface area contributed by atoms with Crippen molar-refractivity contribution < 1.29 is 14.6 Å². The highest BCUT2D eigenvalue weighted by molar-refractivity contribution is 6.36. The van der Waals surface area contributed by atoms with E-state index in [1.165, 1.54) is 19.4 Å². The zero-order valence-electron chi connectivity index (χ0n) is 8.28. The van der Waals surface area contributed by atoms with Gasteiger partial charge in [0, 0.05) is 6.21 Å². The van der Waals surface area contributed by atoms with Gasteiger partial charge in [-0.1, -0.05) is 23.2 Å². The predicted octanol–water partition coefficient (Wildman–Crippen LogP) is 1.87. The summed E-state index contributed by atoms with van der Waals surface area (Å²) in [6.45, 7) is -0.285. The van der Waals surface area contributed by atoms with Crippen LogP contribution < -0.4 is 0 Å². The van der Waals surface area contributed by atoms with Crippen LogP contribution in [-0.2, 0) is 4.74 Å². The summed E-state index contributed by atoms with van der Waals surface area (Å²) in [5.74, 6) is -0.655. The van der Waals surface area contributed by atoms with Gasteiger partial charge in [0.2, 0.25) is 0 Å². The van der Waals surface area contributed by atoms with E-state index < -0.39 is 5.97 Å². The molecule has 1 aromatic rings.